The smallest absolute Gasteiger partial charge is 0.264 e. The fraction of sp³-hybridized carbons (Fsp3) is 0.208. The van der Waals surface area contributed by atoms with Crippen LogP contribution in [0.5, 0.6) is 11.5 Å². The van der Waals surface area contributed by atoms with E-state index in [0.29, 0.717) is 23.8 Å². The fourth-order valence-corrected chi connectivity index (χ4v) is 5.02. The number of nitrogens with one attached hydrogen (secondary N) is 1. The van der Waals surface area contributed by atoms with Gasteiger partial charge < -0.3 is 14.8 Å². The lowest BCUT2D eigenvalue weighted by Crippen LogP contribution is -2.38. The quantitative estimate of drug-likeness (QED) is 0.420. The molecule has 0 saturated heterocycles. The van der Waals surface area contributed by atoms with E-state index in [-0.39, 0.29) is 10.6 Å². The summed E-state index contributed by atoms with van der Waals surface area (Å²) in [5.41, 5.74) is 0.730. The van der Waals surface area contributed by atoms with Gasteiger partial charge in [0.1, 0.15) is 18.0 Å². The molecule has 7 nitrogen and oxygen atoms in total. The number of carbonyl (C=O) groups is 1. The molecule has 33 heavy (non-hydrogen) atoms. The fourth-order valence-electron chi connectivity index (χ4n) is 3.18. The predicted molar refractivity (Wildman–Crippen MR) is 132 cm³/mol. The van der Waals surface area contributed by atoms with Gasteiger partial charge in [0, 0.05) is 4.90 Å². The van der Waals surface area contributed by atoms with Crippen LogP contribution < -0.4 is 19.1 Å². The third-order valence-corrected chi connectivity index (χ3v) is 7.27. The molecule has 0 spiro atoms. The summed E-state index contributed by atoms with van der Waals surface area (Å²) in [6.45, 7) is 1.82. The molecule has 0 saturated carbocycles. The number of anilines is 2. The average molecular weight is 487 g/mol. The van der Waals surface area contributed by atoms with Crippen molar-refractivity contribution in [3.8, 4) is 11.5 Å². The molecule has 0 atom stereocenters. The lowest BCUT2D eigenvalue weighted by Gasteiger charge is -2.26. The highest BCUT2D eigenvalue weighted by Gasteiger charge is 2.29. The first kappa shape index (κ1) is 24.5. The minimum Gasteiger partial charge on any atom is -0.495 e. The van der Waals surface area contributed by atoms with E-state index in [1.165, 1.54) is 31.0 Å². The number of benzene rings is 3. The molecule has 1 amide bonds. The van der Waals surface area contributed by atoms with Crippen molar-refractivity contribution >= 4 is 39.1 Å². The van der Waals surface area contributed by atoms with Crippen LogP contribution in [0.15, 0.2) is 82.6 Å². The van der Waals surface area contributed by atoms with E-state index in [2.05, 4.69) is 5.32 Å². The molecule has 3 aromatic carbocycles. The van der Waals surface area contributed by atoms with E-state index >= 15 is 0 Å². The van der Waals surface area contributed by atoms with E-state index in [1.54, 1.807) is 60.7 Å². The zero-order valence-corrected chi connectivity index (χ0v) is 20.3. The first-order chi connectivity index (χ1) is 15.9. The van der Waals surface area contributed by atoms with Gasteiger partial charge in [-0.1, -0.05) is 24.3 Å². The summed E-state index contributed by atoms with van der Waals surface area (Å²) < 4.78 is 39.2. The molecule has 0 aliphatic carbocycles. The van der Waals surface area contributed by atoms with Crippen LogP contribution in [0.1, 0.15) is 6.92 Å². The molecule has 0 unspecified atom stereocenters. The lowest BCUT2D eigenvalue weighted by molar-refractivity contribution is -0.114. The number of rotatable bonds is 10. The number of hydrogen-bond donors (Lipinski definition) is 1. The van der Waals surface area contributed by atoms with Crippen LogP contribution in [-0.4, -0.2) is 40.8 Å². The van der Waals surface area contributed by atoms with Crippen LogP contribution in [-0.2, 0) is 14.8 Å². The summed E-state index contributed by atoms with van der Waals surface area (Å²) in [5, 5.41) is 2.76. The van der Waals surface area contributed by atoms with E-state index in [4.69, 9.17) is 9.47 Å². The van der Waals surface area contributed by atoms with Crippen molar-refractivity contribution in [2.75, 3.05) is 36.1 Å². The van der Waals surface area contributed by atoms with Crippen molar-refractivity contribution < 1.29 is 22.7 Å². The van der Waals surface area contributed by atoms with Gasteiger partial charge in [-0.15, -0.1) is 11.8 Å². The normalized spacial score (nSPS) is 11.0. The Hall–Kier alpha value is -3.17. The summed E-state index contributed by atoms with van der Waals surface area (Å²) in [5.74, 6) is 0.328. The zero-order valence-electron chi connectivity index (χ0n) is 18.6. The van der Waals surface area contributed by atoms with Crippen molar-refractivity contribution in [3.63, 3.8) is 0 Å². The lowest BCUT2D eigenvalue weighted by atomic mass is 10.2. The second-order valence-corrected chi connectivity index (χ2v) is 9.58. The Morgan fingerprint density at radius 2 is 1.61 bits per heavy atom. The van der Waals surface area contributed by atoms with Gasteiger partial charge in [0.2, 0.25) is 5.91 Å². The number of thioether (sulfide) groups is 1. The molecule has 3 rings (SSSR count). The Kier molecular flexibility index (Phi) is 8.24. The molecule has 0 bridgehead atoms. The van der Waals surface area contributed by atoms with Crippen LogP contribution in [0.25, 0.3) is 0 Å². The Bertz CT molecular complexity index is 1200. The minimum atomic E-state index is -4.07. The maximum Gasteiger partial charge on any atom is 0.264 e. The molecule has 1 N–H and O–H groups in total. The highest BCUT2D eigenvalue weighted by atomic mass is 32.2. The van der Waals surface area contributed by atoms with Gasteiger partial charge in [-0.25, -0.2) is 8.42 Å². The van der Waals surface area contributed by atoms with Crippen LogP contribution in [0.3, 0.4) is 0 Å². The second-order valence-electron chi connectivity index (χ2n) is 6.84. The van der Waals surface area contributed by atoms with Crippen molar-refractivity contribution in [2.24, 2.45) is 0 Å². The Morgan fingerprint density at radius 3 is 2.24 bits per heavy atom. The van der Waals surface area contributed by atoms with Crippen molar-refractivity contribution in [1.82, 2.24) is 0 Å². The molecule has 174 valence electrons. The second kappa shape index (κ2) is 11.1. The van der Waals surface area contributed by atoms with Gasteiger partial charge in [-0.05, 0) is 61.7 Å². The van der Waals surface area contributed by atoms with Crippen LogP contribution in [0.4, 0.5) is 11.4 Å². The highest BCUT2D eigenvalue weighted by Crippen LogP contribution is 2.33. The highest BCUT2D eigenvalue weighted by molar-refractivity contribution is 7.98. The number of sulfonamides is 1. The van der Waals surface area contributed by atoms with Gasteiger partial charge in [-0.3, -0.25) is 9.10 Å². The number of amides is 1. The molecule has 9 heteroatoms. The summed E-state index contributed by atoms with van der Waals surface area (Å²) in [6, 6.07) is 20.2. The average Bonchev–Trinajstić information content (AvgIpc) is 2.84. The molecule has 0 fully saturated rings. The van der Waals surface area contributed by atoms with Crippen molar-refractivity contribution in [1.29, 1.82) is 0 Å². The number of nitrogens with zero attached hydrogens (tertiary/aromatic N) is 1. The van der Waals surface area contributed by atoms with Crippen LogP contribution >= 0.6 is 11.8 Å². The molecule has 3 aromatic rings. The standard InChI is InChI=1S/C24H26N2O5S2/c1-4-31-22-11-7-5-9-20(22)25-24(27)17-26(21-10-6-8-12-23(21)30-2)33(28,29)19-15-13-18(32-3)14-16-19/h5-16H,4,17H2,1-3H3,(H,25,27). The molecule has 0 aliphatic heterocycles. The van der Waals surface area contributed by atoms with Gasteiger partial charge in [-0.2, -0.15) is 0 Å². The molecular formula is C24H26N2O5S2. The summed E-state index contributed by atoms with van der Waals surface area (Å²) >= 11 is 1.51. The van der Waals surface area contributed by atoms with Crippen LogP contribution in [0.2, 0.25) is 0 Å². The molecule has 0 aliphatic rings. The zero-order chi connectivity index (χ0) is 23.8. The largest absolute Gasteiger partial charge is 0.495 e. The number of hydrogen-bond acceptors (Lipinski definition) is 6. The monoisotopic (exact) mass is 486 g/mol. The van der Waals surface area contributed by atoms with Gasteiger partial charge in [0.05, 0.1) is 30.0 Å². The number of carbonyl (C=O) groups excluding carboxylic acids is 1. The topological polar surface area (TPSA) is 84.9 Å². The van der Waals surface area contributed by atoms with E-state index in [9.17, 15) is 13.2 Å². The van der Waals surface area contributed by atoms with Gasteiger partial charge in [0.15, 0.2) is 0 Å². The Balaban J connectivity index is 1.98. The van der Waals surface area contributed by atoms with Gasteiger partial charge >= 0.3 is 0 Å². The third kappa shape index (κ3) is 5.80. The minimum absolute atomic E-state index is 0.0775. The Labute approximate surface area is 198 Å². The summed E-state index contributed by atoms with van der Waals surface area (Å²) in [4.78, 5) is 14.0. The van der Waals surface area contributed by atoms with Gasteiger partial charge in [0.25, 0.3) is 10.0 Å². The Morgan fingerprint density at radius 1 is 0.970 bits per heavy atom. The number of methoxy groups -OCH3 is 1. The SMILES string of the molecule is CCOc1ccccc1NC(=O)CN(c1ccccc1OC)S(=O)(=O)c1ccc(SC)cc1. The van der Waals surface area contributed by atoms with Crippen molar-refractivity contribution in [2.45, 2.75) is 16.7 Å². The maximum atomic E-state index is 13.6. The first-order valence-corrected chi connectivity index (χ1v) is 12.9. The van der Waals surface area contributed by atoms with E-state index < -0.39 is 22.5 Å². The third-order valence-electron chi connectivity index (χ3n) is 4.75. The first-order valence-electron chi connectivity index (χ1n) is 10.2. The molecule has 0 heterocycles. The summed E-state index contributed by atoms with van der Waals surface area (Å²) in [6.07, 6.45) is 1.91. The molecular weight excluding hydrogens is 460 g/mol. The predicted octanol–water partition coefficient (Wildman–Crippen LogP) is 4.65. The summed E-state index contributed by atoms with van der Waals surface area (Å²) in [7, 11) is -2.61. The number of ether oxygens (including phenoxy) is 2. The molecule has 0 radical (unpaired) electrons. The van der Waals surface area contributed by atoms with E-state index in [1.807, 2.05) is 13.2 Å². The molecule has 0 aromatic heterocycles. The van der Waals surface area contributed by atoms with Crippen LogP contribution in [0, 0.1) is 0 Å². The number of para-hydroxylation sites is 4. The van der Waals surface area contributed by atoms with Crippen molar-refractivity contribution in [3.05, 3.63) is 72.8 Å². The van der Waals surface area contributed by atoms with E-state index in [0.717, 1.165) is 9.20 Å². The maximum absolute atomic E-state index is 13.6.